The number of ether oxygens (including phenoxy) is 1. The molecule has 0 aromatic heterocycles. The normalized spacial score (nSPS) is 19.7. The van der Waals surface area contributed by atoms with Crippen LogP contribution in [0.5, 0.6) is 0 Å². The zero-order chi connectivity index (χ0) is 19.2. The molecule has 0 saturated carbocycles. The summed E-state index contributed by atoms with van der Waals surface area (Å²) in [5.74, 6) is -1.71. The van der Waals surface area contributed by atoms with E-state index in [0.29, 0.717) is 13.1 Å². The molecular weight excluding hydrogens is 348 g/mol. The summed E-state index contributed by atoms with van der Waals surface area (Å²) in [6, 6.07) is 6.49. The van der Waals surface area contributed by atoms with Gasteiger partial charge in [-0.15, -0.1) is 0 Å². The summed E-state index contributed by atoms with van der Waals surface area (Å²) in [7, 11) is 0. The van der Waals surface area contributed by atoms with Gasteiger partial charge in [0.15, 0.2) is 0 Å². The number of hydrogen-bond donors (Lipinski definition) is 2. The van der Waals surface area contributed by atoms with Crippen LogP contribution in [0.2, 0.25) is 0 Å². The average Bonchev–Trinajstić information content (AvgIpc) is 2.97. The second kappa shape index (κ2) is 8.96. The number of likely N-dealkylation sites (N-methyl/N-ethyl adjacent to an activating group) is 1. The lowest BCUT2D eigenvalue weighted by molar-refractivity contribution is -0.140. The summed E-state index contributed by atoms with van der Waals surface area (Å²) in [6.45, 7) is 6.92. The van der Waals surface area contributed by atoms with Gasteiger partial charge in [0, 0.05) is 37.4 Å². The fraction of sp³-hybridized carbons (Fsp3) is 0.526. The van der Waals surface area contributed by atoms with Gasteiger partial charge in [-0.1, -0.05) is 18.2 Å². The van der Waals surface area contributed by atoms with Crippen molar-refractivity contribution in [2.45, 2.75) is 19.4 Å². The average molecular weight is 374 g/mol. The molecule has 0 radical (unpaired) electrons. The van der Waals surface area contributed by atoms with Crippen molar-refractivity contribution in [2.75, 3.05) is 50.8 Å². The zero-order valence-corrected chi connectivity index (χ0v) is 15.6. The van der Waals surface area contributed by atoms with E-state index in [-0.39, 0.29) is 5.91 Å². The van der Waals surface area contributed by atoms with E-state index in [2.05, 4.69) is 15.5 Å². The van der Waals surface area contributed by atoms with E-state index in [4.69, 9.17) is 4.74 Å². The number of carbonyl (C=O) groups excluding carboxylic acids is 3. The Morgan fingerprint density at radius 2 is 1.93 bits per heavy atom. The van der Waals surface area contributed by atoms with Crippen molar-refractivity contribution in [1.29, 1.82) is 0 Å². The van der Waals surface area contributed by atoms with E-state index in [1.807, 2.05) is 25.1 Å². The largest absolute Gasteiger partial charge is 0.379 e. The van der Waals surface area contributed by atoms with Crippen LogP contribution in [-0.2, 0) is 19.1 Å². The molecule has 2 aliphatic heterocycles. The van der Waals surface area contributed by atoms with Crippen molar-refractivity contribution in [3.63, 3.8) is 0 Å². The predicted octanol–water partition coefficient (Wildman–Crippen LogP) is 0.0489. The van der Waals surface area contributed by atoms with Crippen LogP contribution in [0.3, 0.4) is 0 Å². The molecule has 1 aromatic rings. The number of nitrogens with one attached hydrogen (secondary N) is 2. The molecule has 1 fully saturated rings. The third-order valence-electron chi connectivity index (χ3n) is 4.89. The Bertz CT molecular complexity index is 703. The van der Waals surface area contributed by atoms with Crippen LogP contribution < -0.4 is 15.5 Å². The number of anilines is 1. The quantitative estimate of drug-likeness (QED) is 0.542. The van der Waals surface area contributed by atoms with Crippen LogP contribution >= 0.6 is 0 Å². The van der Waals surface area contributed by atoms with E-state index in [1.165, 1.54) is 0 Å². The van der Waals surface area contributed by atoms with Crippen LogP contribution in [0.4, 0.5) is 5.69 Å². The maximum absolute atomic E-state index is 12.6. The molecule has 1 atom stereocenters. The number of para-hydroxylation sites is 1. The Labute approximate surface area is 158 Å². The first-order valence-electron chi connectivity index (χ1n) is 9.41. The van der Waals surface area contributed by atoms with Gasteiger partial charge >= 0.3 is 11.8 Å². The molecule has 1 saturated heterocycles. The van der Waals surface area contributed by atoms with Gasteiger partial charge in [0.1, 0.15) is 6.04 Å². The molecule has 2 heterocycles. The second-order valence-electron chi connectivity index (χ2n) is 6.61. The second-order valence-corrected chi connectivity index (χ2v) is 6.61. The Balaban J connectivity index is 1.48. The highest BCUT2D eigenvalue weighted by molar-refractivity contribution is 6.35. The lowest BCUT2D eigenvalue weighted by Crippen LogP contribution is -2.45. The topological polar surface area (TPSA) is 91.0 Å². The van der Waals surface area contributed by atoms with Crippen molar-refractivity contribution >= 4 is 23.4 Å². The van der Waals surface area contributed by atoms with Gasteiger partial charge in [0.25, 0.3) is 5.91 Å². The van der Waals surface area contributed by atoms with Crippen molar-refractivity contribution < 1.29 is 19.1 Å². The number of amides is 3. The number of carbonyl (C=O) groups is 3. The van der Waals surface area contributed by atoms with Crippen molar-refractivity contribution in [1.82, 2.24) is 15.5 Å². The molecule has 8 heteroatoms. The minimum Gasteiger partial charge on any atom is -0.379 e. The SMILES string of the molecule is CCN1C(=O)[C@H](NC(=O)C(=O)NCCCN2CCOCC2)c2ccccc21. The van der Waals surface area contributed by atoms with Crippen molar-refractivity contribution in [3.05, 3.63) is 29.8 Å². The molecule has 27 heavy (non-hydrogen) atoms. The highest BCUT2D eigenvalue weighted by atomic mass is 16.5. The highest BCUT2D eigenvalue weighted by Gasteiger charge is 2.37. The molecular formula is C19H26N4O4. The van der Waals surface area contributed by atoms with E-state index < -0.39 is 17.9 Å². The third-order valence-corrected chi connectivity index (χ3v) is 4.89. The van der Waals surface area contributed by atoms with Gasteiger partial charge < -0.3 is 20.3 Å². The highest BCUT2D eigenvalue weighted by Crippen LogP contribution is 2.35. The first-order valence-corrected chi connectivity index (χ1v) is 9.41. The summed E-state index contributed by atoms with van der Waals surface area (Å²) in [5, 5.41) is 5.20. The summed E-state index contributed by atoms with van der Waals surface area (Å²) in [5.41, 5.74) is 1.50. The molecule has 8 nitrogen and oxygen atoms in total. The van der Waals surface area contributed by atoms with Gasteiger partial charge in [0.05, 0.1) is 13.2 Å². The van der Waals surface area contributed by atoms with Gasteiger partial charge in [-0.3, -0.25) is 19.3 Å². The van der Waals surface area contributed by atoms with Gasteiger partial charge in [-0.05, 0) is 26.0 Å². The van der Waals surface area contributed by atoms with Gasteiger partial charge in [-0.2, -0.15) is 0 Å². The number of morpholine rings is 1. The first-order chi connectivity index (χ1) is 13.1. The minimum absolute atomic E-state index is 0.216. The van der Waals surface area contributed by atoms with E-state index >= 15 is 0 Å². The molecule has 0 unspecified atom stereocenters. The predicted molar refractivity (Wildman–Crippen MR) is 100 cm³/mol. The summed E-state index contributed by atoms with van der Waals surface area (Å²) in [6.07, 6.45) is 0.758. The lowest BCUT2D eigenvalue weighted by atomic mass is 10.1. The maximum Gasteiger partial charge on any atom is 0.310 e. The third kappa shape index (κ3) is 4.45. The van der Waals surface area contributed by atoms with E-state index in [9.17, 15) is 14.4 Å². The Morgan fingerprint density at radius 1 is 1.19 bits per heavy atom. The van der Waals surface area contributed by atoms with Crippen molar-refractivity contribution in [2.24, 2.45) is 0 Å². The Hall–Kier alpha value is -2.45. The zero-order valence-electron chi connectivity index (χ0n) is 15.6. The Morgan fingerprint density at radius 3 is 2.67 bits per heavy atom. The molecule has 3 rings (SSSR count). The fourth-order valence-electron chi connectivity index (χ4n) is 3.46. The number of rotatable bonds is 6. The molecule has 2 N–H and O–H groups in total. The van der Waals surface area contributed by atoms with E-state index in [0.717, 1.165) is 50.5 Å². The van der Waals surface area contributed by atoms with Crippen molar-refractivity contribution in [3.8, 4) is 0 Å². The molecule has 0 bridgehead atoms. The molecule has 0 spiro atoms. The molecule has 2 aliphatic rings. The van der Waals surface area contributed by atoms with Crippen LogP contribution in [0.1, 0.15) is 24.9 Å². The minimum atomic E-state index is -0.812. The van der Waals surface area contributed by atoms with Gasteiger partial charge in [0.2, 0.25) is 0 Å². The summed E-state index contributed by atoms with van der Waals surface area (Å²) >= 11 is 0. The number of benzene rings is 1. The first kappa shape index (κ1) is 19.3. The number of hydrogen-bond acceptors (Lipinski definition) is 5. The van der Waals surface area contributed by atoms with Crippen LogP contribution in [-0.4, -0.2) is 68.6 Å². The summed E-state index contributed by atoms with van der Waals surface area (Å²) in [4.78, 5) is 40.7. The lowest BCUT2D eigenvalue weighted by Gasteiger charge is -2.26. The maximum atomic E-state index is 12.6. The Kier molecular flexibility index (Phi) is 6.41. The number of nitrogens with zero attached hydrogens (tertiary/aromatic N) is 2. The fourth-order valence-corrected chi connectivity index (χ4v) is 3.46. The number of fused-ring (bicyclic) bond motifs is 1. The van der Waals surface area contributed by atoms with Crippen LogP contribution in [0.15, 0.2) is 24.3 Å². The van der Waals surface area contributed by atoms with Gasteiger partial charge in [-0.25, -0.2) is 0 Å². The standard InChI is InChI=1S/C19H26N4O4/c1-2-23-15-7-4-3-6-14(15)16(19(23)26)21-18(25)17(24)20-8-5-9-22-10-12-27-13-11-22/h3-4,6-7,16H,2,5,8-13H2,1H3,(H,20,24)(H,21,25)/t16-/m1/s1. The smallest absolute Gasteiger partial charge is 0.310 e. The summed E-state index contributed by atoms with van der Waals surface area (Å²) < 4.78 is 5.29. The monoisotopic (exact) mass is 374 g/mol. The molecule has 146 valence electrons. The molecule has 3 amide bonds. The van der Waals surface area contributed by atoms with Crippen LogP contribution in [0, 0.1) is 0 Å². The molecule has 1 aromatic carbocycles. The van der Waals surface area contributed by atoms with E-state index in [1.54, 1.807) is 11.0 Å². The molecule has 0 aliphatic carbocycles. The van der Waals surface area contributed by atoms with Crippen LogP contribution in [0.25, 0.3) is 0 Å².